The van der Waals surface area contributed by atoms with Crippen LogP contribution >= 0.6 is 0 Å². The molecule has 0 heterocycles. The first kappa shape index (κ1) is 30.3. The van der Waals surface area contributed by atoms with Crippen LogP contribution in [0.25, 0.3) is 11.1 Å². The largest absolute Gasteiger partial charge is 0.480 e. The Kier molecular flexibility index (Phi) is 8.65. The van der Waals surface area contributed by atoms with Crippen LogP contribution in [0.5, 0.6) is 0 Å². The predicted octanol–water partition coefficient (Wildman–Crippen LogP) is 6.82. The van der Waals surface area contributed by atoms with E-state index < -0.39 is 36.0 Å². The first-order valence-electron chi connectivity index (χ1n) is 15.2. The van der Waals surface area contributed by atoms with Crippen LogP contribution in [0.4, 0.5) is 4.79 Å². The molecule has 1 aliphatic carbocycles. The van der Waals surface area contributed by atoms with Crippen molar-refractivity contribution in [1.29, 1.82) is 0 Å². The Bertz CT molecular complexity index is 1700. The van der Waals surface area contributed by atoms with E-state index in [0.717, 1.165) is 43.8 Å². The summed E-state index contributed by atoms with van der Waals surface area (Å²) in [6.45, 7) is 0.0366. The van der Waals surface area contributed by atoms with Gasteiger partial charge in [-0.2, -0.15) is 0 Å². The van der Waals surface area contributed by atoms with Gasteiger partial charge in [-0.25, -0.2) is 9.59 Å². The molecule has 2 N–H and O–H groups in total. The fourth-order valence-electron chi connectivity index (χ4n) is 6.43. The molecule has 1 atom stereocenters. The van der Waals surface area contributed by atoms with Crippen LogP contribution < -0.4 is 5.32 Å². The van der Waals surface area contributed by atoms with Crippen molar-refractivity contribution in [3.05, 3.63) is 167 Å². The molecule has 1 aliphatic rings. The molecule has 0 unspecified atom stereocenters. The van der Waals surface area contributed by atoms with Gasteiger partial charge in [0.15, 0.2) is 0 Å². The molecule has 0 aliphatic heterocycles. The topological polar surface area (TPSA) is 95.9 Å². The Hall–Kier alpha value is -5.69. The number of carboxylic acids is 1. The maximum absolute atomic E-state index is 13.9. The fourth-order valence-corrected chi connectivity index (χ4v) is 6.43. The molecule has 0 spiro atoms. The highest BCUT2D eigenvalue weighted by Gasteiger charge is 2.40. The number of nitrogens with zero attached hydrogens (tertiary/aromatic N) is 1. The number of ether oxygens (including phenoxy) is 1. The van der Waals surface area contributed by atoms with Crippen molar-refractivity contribution in [2.45, 2.75) is 23.9 Å². The first-order valence-corrected chi connectivity index (χ1v) is 15.2. The van der Waals surface area contributed by atoms with Crippen LogP contribution in [0.2, 0.25) is 0 Å². The lowest BCUT2D eigenvalue weighted by molar-refractivity contribution is -0.144. The Balaban J connectivity index is 1.24. The molecule has 5 aromatic carbocycles. The summed E-state index contributed by atoms with van der Waals surface area (Å²) in [5.74, 6) is -2.03. The van der Waals surface area contributed by atoms with Crippen LogP contribution in [0, 0.1) is 0 Å². The normalized spacial score (nSPS) is 12.8. The van der Waals surface area contributed by atoms with E-state index in [1.54, 1.807) is 0 Å². The van der Waals surface area contributed by atoms with Gasteiger partial charge in [-0.05, 0) is 38.9 Å². The van der Waals surface area contributed by atoms with Crippen molar-refractivity contribution >= 4 is 18.0 Å². The van der Waals surface area contributed by atoms with Crippen molar-refractivity contribution in [3.63, 3.8) is 0 Å². The number of likely N-dealkylation sites (N-methyl/N-ethyl adjacent to an activating group) is 1. The zero-order chi connectivity index (χ0) is 32.1. The number of aliphatic carboxylic acids is 1. The van der Waals surface area contributed by atoms with Gasteiger partial charge >= 0.3 is 12.1 Å². The van der Waals surface area contributed by atoms with Crippen LogP contribution in [0.3, 0.4) is 0 Å². The Morgan fingerprint density at radius 1 is 0.696 bits per heavy atom. The van der Waals surface area contributed by atoms with Gasteiger partial charge in [0.25, 0.3) is 0 Å². The van der Waals surface area contributed by atoms with Crippen LogP contribution in [0.15, 0.2) is 140 Å². The van der Waals surface area contributed by atoms with Crippen molar-refractivity contribution in [1.82, 2.24) is 10.2 Å². The lowest BCUT2D eigenvalue weighted by Crippen LogP contribution is -2.51. The van der Waals surface area contributed by atoms with Crippen molar-refractivity contribution in [2.75, 3.05) is 13.7 Å². The second-order valence-electron chi connectivity index (χ2n) is 11.4. The number of nitrogens with one attached hydrogen (secondary N) is 1. The summed E-state index contributed by atoms with van der Waals surface area (Å²) >= 11 is 0. The van der Waals surface area contributed by atoms with Gasteiger partial charge in [0.05, 0.1) is 6.42 Å². The standard InChI is InChI=1S/C39H34N2O5/c1-41(38(45)46-26-34-32-23-13-11-21-30(32)31-22-12-14-24-33(31)34)35(37(43)44)25-36(42)40-39(27-15-5-2-6-16-27,28-17-7-3-8-18-28)29-19-9-4-10-20-29/h2-24,34-35H,25-26H2,1H3,(H,40,42)(H,43,44)/t35-/m1/s1. The average Bonchev–Trinajstić information content (AvgIpc) is 3.42. The molecule has 46 heavy (non-hydrogen) atoms. The molecular formula is C39H34N2O5. The number of carbonyl (C=O) groups is 3. The summed E-state index contributed by atoms with van der Waals surface area (Å²) in [5, 5.41) is 13.4. The first-order chi connectivity index (χ1) is 22.4. The molecular weight excluding hydrogens is 576 g/mol. The molecule has 0 saturated heterocycles. The average molecular weight is 611 g/mol. The van der Waals surface area contributed by atoms with Crippen molar-refractivity contribution < 1.29 is 24.2 Å². The van der Waals surface area contributed by atoms with Gasteiger partial charge in [0.2, 0.25) is 5.91 Å². The monoisotopic (exact) mass is 610 g/mol. The summed E-state index contributed by atoms with van der Waals surface area (Å²) in [7, 11) is 1.35. The molecule has 5 aromatic rings. The minimum Gasteiger partial charge on any atom is -0.480 e. The van der Waals surface area contributed by atoms with Crippen molar-refractivity contribution in [3.8, 4) is 11.1 Å². The highest BCUT2D eigenvalue weighted by molar-refractivity contribution is 5.88. The number of hydrogen-bond donors (Lipinski definition) is 2. The molecule has 7 heteroatoms. The van der Waals surface area contributed by atoms with E-state index in [1.165, 1.54) is 7.05 Å². The van der Waals surface area contributed by atoms with Gasteiger partial charge in [0, 0.05) is 13.0 Å². The third-order valence-electron chi connectivity index (χ3n) is 8.70. The Morgan fingerprint density at radius 3 is 1.54 bits per heavy atom. The number of rotatable bonds is 10. The SMILES string of the molecule is CN(C(=O)OCC1c2ccccc2-c2ccccc21)[C@H](CC(=O)NC(c1ccccc1)(c1ccccc1)c1ccccc1)C(=O)O. The van der Waals surface area contributed by atoms with E-state index in [1.807, 2.05) is 140 Å². The molecule has 0 radical (unpaired) electrons. The van der Waals surface area contributed by atoms with E-state index in [2.05, 4.69) is 5.32 Å². The molecule has 0 fully saturated rings. The Labute approximate surface area is 268 Å². The van der Waals surface area contributed by atoms with E-state index in [0.29, 0.717) is 0 Å². The molecule has 2 amide bonds. The smallest absolute Gasteiger partial charge is 0.410 e. The lowest BCUT2D eigenvalue weighted by atomic mass is 9.77. The quantitative estimate of drug-likeness (QED) is 0.169. The van der Waals surface area contributed by atoms with E-state index in [9.17, 15) is 19.5 Å². The second kappa shape index (κ2) is 13.1. The van der Waals surface area contributed by atoms with Gasteiger partial charge in [-0.1, -0.05) is 140 Å². The van der Waals surface area contributed by atoms with Crippen LogP contribution in [0.1, 0.15) is 40.2 Å². The number of hydrogen-bond acceptors (Lipinski definition) is 4. The number of fused-ring (bicyclic) bond motifs is 3. The second-order valence-corrected chi connectivity index (χ2v) is 11.4. The van der Waals surface area contributed by atoms with E-state index in [-0.39, 0.29) is 12.5 Å². The number of benzene rings is 5. The summed E-state index contributed by atoms with van der Waals surface area (Å²) < 4.78 is 5.72. The minimum absolute atomic E-state index is 0.0366. The van der Waals surface area contributed by atoms with E-state index >= 15 is 0 Å². The molecule has 7 nitrogen and oxygen atoms in total. The highest BCUT2D eigenvalue weighted by Crippen LogP contribution is 2.44. The number of amides is 2. The maximum atomic E-state index is 13.9. The van der Waals surface area contributed by atoms with Crippen LogP contribution in [-0.2, 0) is 19.9 Å². The number of carbonyl (C=O) groups excluding carboxylic acids is 2. The molecule has 230 valence electrons. The fraction of sp³-hybridized carbons (Fsp3) is 0.154. The number of carboxylic acid groups (broad SMARTS) is 1. The zero-order valence-corrected chi connectivity index (χ0v) is 25.4. The van der Waals surface area contributed by atoms with Gasteiger partial charge in [0.1, 0.15) is 18.2 Å². The summed E-state index contributed by atoms with van der Waals surface area (Å²) in [6.07, 6.45) is -1.30. The molecule has 6 rings (SSSR count). The lowest BCUT2D eigenvalue weighted by Gasteiger charge is -2.37. The molecule has 0 aromatic heterocycles. The minimum atomic E-state index is -1.46. The summed E-state index contributed by atoms with van der Waals surface area (Å²) in [6, 6.07) is 43.1. The summed E-state index contributed by atoms with van der Waals surface area (Å²) in [4.78, 5) is 40.7. The van der Waals surface area contributed by atoms with Crippen LogP contribution in [-0.4, -0.2) is 47.7 Å². The summed E-state index contributed by atoms with van der Waals surface area (Å²) in [5.41, 5.74) is 5.57. The molecule has 0 bridgehead atoms. The molecule has 0 saturated carbocycles. The predicted molar refractivity (Wildman–Crippen MR) is 176 cm³/mol. The Morgan fingerprint density at radius 2 is 1.11 bits per heavy atom. The van der Waals surface area contributed by atoms with E-state index in [4.69, 9.17) is 4.74 Å². The van der Waals surface area contributed by atoms with Crippen molar-refractivity contribution in [2.24, 2.45) is 0 Å². The third-order valence-corrected chi connectivity index (χ3v) is 8.70. The maximum Gasteiger partial charge on any atom is 0.410 e. The zero-order valence-electron chi connectivity index (χ0n) is 25.4. The highest BCUT2D eigenvalue weighted by atomic mass is 16.6. The van der Waals surface area contributed by atoms with Gasteiger partial charge < -0.3 is 15.2 Å². The third kappa shape index (κ3) is 5.75. The van der Waals surface area contributed by atoms with Gasteiger partial charge in [-0.15, -0.1) is 0 Å². The van der Waals surface area contributed by atoms with Gasteiger partial charge in [-0.3, -0.25) is 9.69 Å².